The second-order valence-electron chi connectivity index (χ2n) is 5.96. The van der Waals surface area contributed by atoms with Crippen LogP contribution in [0, 0.1) is 0 Å². The first-order valence-electron chi connectivity index (χ1n) is 8.36. The molecule has 1 aliphatic rings. The van der Waals surface area contributed by atoms with Crippen molar-refractivity contribution in [3.63, 3.8) is 0 Å². The van der Waals surface area contributed by atoms with Crippen LogP contribution in [-0.2, 0) is 4.79 Å². The van der Waals surface area contributed by atoms with Gasteiger partial charge < -0.3 is 14.8 Å². The molecule has 8 nitrogen and oxygen atoms in total. The molecule has 138 valence electrons. The predicted octanol–water partition coefficient (Wildman–Crippen LogP) is 2.96. The highest BCUT2D eigenvalue weighted by atomic mass is 35.5. The maximum absolute atomic E-state index is 12.5. The van der Waals surface area contributed by atoms with Crippen molar-refractivity contribution in [1.29, 1.82) is 0 Å². The number of hydrogen-bond acceptors (Lipinski definition) is 6. The lowest BCUT2D eigenvalue weighted by Gasteiger charge is -2.19. The van der Waals surface area contributed by atoms with E-state index in [9.17, 15) is 4.79 Å². The number of benzene rings is 2. The molecule has 0 saturated carbocycles. The number of rotatable bonds is 4. The fourth-order valence-corrected chi connectivity index (χ4v) is 2.70. The van der Waals surface area contributed by atoms with Crippen molar-refractivity contribution < 1.29 is 14.3 Å². The average molecular weight is 386 g/mol. The second-order valence-corrected chi connectivity index (χ2v) is 6.40. The van der Waals surface area contributed by atoms with Crippen LogP contribution in [0.4, 0.5) is 5.69 Å². The summed E-state index contributed by atoms with van der Waals surface area (Å²) in [6, 6.07) is 11.7. The van der Waals surface area contributed by atoms with Crippen LogP contribution >= 0.6 is 11.6 Å². The summed E-state index contributed by atoms with van der Waals surface area (Å²) in [5.74, 6) is 1.42. The zero-order chi connectivity index (χ0) is 18.8. The van der Waals surface area contributed by atoms with Crippen LogP contribution < -0.4 is 14.8 Å². The minimum atomic E-state index is -0.647. The van der Waals surface area contributed by atoms with Crippen molar-refractivity contribution in [2.75, 3.05) is 18.5 Å². The minimum absolute atomic E-state index is 0.272. The second kappa shape index (κ2) is 7.24. The fourth-order valence-electron chi connectivity index (χ4n) is 2.58. The van der Waals surface area contributed by atoms with E-state index < -0.39 is 6.04 Å². The number of carbonyl (C=O) groups is 1. The number of carbonyl (C=O) groups excluding carboxylic acids is 1. The summed E-state index contributed by atoms with van der Waals surface area (Å²) in [4.78, 5) is 13.8. The largest absolute Gasteiger partial charge is 0.486 e. The molecule has 3 aromatic rings. The molecule has 4 rings (SSSR count). The Morgan fingerprint density at radius 1 is 1.15 bits per heavy atom. The van der Waals surface area contributed by atoms with Gasteiger partial charge >= 0.3 is 0 Å². The first kappa shape index (κ1) is 17.3. The third-order valence-corrected chi connectivity index (χ3v) is 4.32. The topological polar surface area (TPSA) is 91.2 Å². The summed E-state index contributed by atoms with van der Waals surface area (Å²) in [6.45, 7) is 2.70. The Hall–Kier alpha value is -3.13. The van der Waals surface area contributed by atoms with E-state index in [1.54, 1.807) is 49.4 Å². The number of nitrogens with zero attached hydrogens (tertiary/aromatic N) is 4. The molecule has 0 aliphatic carbocycles. The third-order valence-electron chi connectivity index (χ3n) is 4.07. The van der Waals surface area contributed by atoms with E-state index in [-0.39, 0.29) is 5.91 Å². The lowest BCUT2D eigenvalue weighted by molar-refractivity contribution is -0.119. The van der Waals surface area contributed by atoms with Crippen LogP contribution in [0.3, 0.4) is 0 Å². The molecule has 1 atom stereocenters. The Kier molecular flexibility index (Phi) is 4.64. The maximum Gasteiger partial charge on any atom is 0.250 e. The summed E-state index contributed by atoms with van der Waals surface area (Å²) in [7, 11) is 0. The molecule has 9 heteroatoms. The highest BCUT2D eigenvalue weighted by Crippen LogP contribution is 2.32. The van der Waals surface area contributed by atoms with E-state index in [1.165, 1.54) is 4.80 Å². The van der Waals surface area contributed by atoms with E-state index >= 15 is 0 Å². The normalized spacial score (nSPS) is 13.9. The number of hydrogen-bond donors (Lipinski definition) is 1. The van der Waals surface area contributed by atoms with Crippen molar-refractivity contribution in [1.82, 2.24) is 20.2 Å². The molecule has 0 bridgehead atoms. The van der Waals surface area contributed by atoms with Gasteiger partial charge in [-0.05, 0) is 48.5 Å². The summed E-state index contributed by atoms with van der Waals surface area (Å²) in [5, 5.41) is 15.7. The van der Waals surface area contributed by atoms with E-state index in [1.807, 2.05) is 0 Å². The predicted molar refractivity (Wildman–Crippen MR) is 99.0 cm³/mol. The average Bonchev–Trinajstić information content (AvgIpc) is 3.18. The molecular formula is C18H16ClN5O3. The van der Waals surface area contributed by atoms with Crippen LogP contribution in [0.25, 0.3) is 11.4 Å². The van der Waals surface area contributed by atoms with Gasteiger partial charge in [-0.3, -0.25) is 4.79 Å². The standard InChI is InChI=1S/C18H16ClN5O3/c1-11(24-22-17(21-23-24)12-2-4-13(19)5-3-12)18(25)20-14-6-7-15-16(10-14)27-9-8-26-15/h2-7,10-11H,8-9H2,1H3,(H,20,25). The molecule has 0 fully saturated rings. The van der Waals surface area contributed by atoms with Gasteiger partial charge in [0.15, 0.2) is 11.5 Å². The quantitative estimate of drug-likeness (QED) is 0.742. The molecule has 1 amide bonds. The lowest BCUT2D eigenvalue weighted by atomic mass is 10.2. The molecule has 2 heterocycles. The van der Waals surface area contributed by atoms with Gasteiger partial charge in [-0.25, -0.2) is 0 Å². The summed E-state index contributed by atoms with van der Waals surface area (Å²) in [6.07, 6.45) is 0. The molecule has 2 aromatic carbocycles. The van der Waals surface area contributed by atoms with Gasteiger partial charge in [-0.15, -0.1) is 10.2 Å². The van der Waals surface area contributed by atoms with Crippen LogP contribution in [0.1, 0.15) is 13.0 Å². The van der Waals surface area contributed by atoms with Gasteiger partial charge in [-0.1, -0.05) is 11.6 Å². The number of aromatic nitrogens is 4. The smallest absolute Gasteiger partial charge is 0.250 e. The first-order valence-corrected chi connectivity index (χ1v) is 8.74. The fraction of sp³-hybridized carbons (Fsp3) is 0.222. The SMILES string of the molecule is CC(C(=O)Nc1ccc2c(c1)OCCO2)n1nnc(-c2ccc(Cl)cc2)n1. The lowest BCUT2D eigenvalue weighted by Crippen LogP contribution is -2.25. The monoisotopic (exact) mass is 385 g/mol. The van der Waals surface area contributed by atoms with Crippen LogP contribution in [-0.4, -0.2) is 39.3 Å². The Morgan fingerprint density at radius 3 is 2.67 bits per heavy atom. The number of anilines is 1. The van der Waals surface area contributed by atoms with Crippen LogP contribution in [0.5, 0.6) is 11.5 Å². The van der Waals surface area contributed by atoms with Gasteiger partial charge in [-0.2, -0.15) is 4.80 Å². The summed E-state index contributed by atoms with van der Waals surface area (Å²) in [5.41, 5.74) is 1.37. The Bertz CT molecular complexity index is 973. The molecule has 1 aliphatic heterocycles. The van der Waals surface area contributed by atoms with E-state index in [0.717, 1.165) is 5.56 Å². The third kappa shape index (κ3) is 3.70. The molecule has 0 radical (unpaired) electrons. The maximum atomic E-state index is 12.5. The summed E-state index contributed by atoms with van der Waals surface area (Å²) < 4.78 is 11.0. The van der Waals surface area contributed by atoms with Gasteiger partial charge in [0.25, 0.3) is 5.91 Å². The Balaban J connectivity index is 1.47. The number of tetrazole rings is 1. The minimum Gasteiger partial charge on any atom is -0.486 e. The number of amides is 1. The van der Waals surface area contributed by atoms with Gasteiger partial charge in [0.05, 0.1) is 0 Å². The van der Waals surface area contributed by atoms with Crippen molar-refractivity contribution in [3.8, 4) is 22.9 Å². The summed E-state index contributed by atoms with van der Waals surface area (Å²) >= 11 is 5.89. The van der Waals surface area contributed by atoms with Gasteiger partial charge in [0.2, 0.25) is 5.82 Å². The van der Waals surface area contributed by atoms with Gasteiger partial charge in [0.1, 0.15) is 19.3 Å². The number of halogens is 1. The van der Waals surface area contributed by atoms with E-state index in [4.69, 9.17) is 21.1 Å². The molecule has 0 saturated heterocycles. The molecule has 0 spiro atoms. The first-order chi connectivity index (χ1) is 13.1. The molecular weight excluding hydrogens is 370 g/mol. The Morgan fingerprint density at radius 2 is 1.89 bits per heavy atom. The highest BCUT2D eigenvalue weighted by Gasteiger charge is 2.20. The van der Waals surface area contributed by atoms with E-state index in [0.29, 0.717) is 41.2 Å². The number of fused-ring (bicyclic) bond motifs is 1. The zero-order valence-corrected chi connectivity index (χ0v) is 15.2. The zero-order valence-electron chi connectivity index (χ0n) is 14.4. The van der Waals surface area contributed by atoms with Crippen LogP contribution in [0.15, 0.2) is 42.5 Å². The van der Waals surface area contributed by atoms with Crippen LogP contribution in [0.2, 0.25) is 5.02 Å². The molecule has 27 heavy (non-hydrogen) atoms. The Labute approximate surface area is 160 Å². The number of ether oxygens (including phenoxy) is 2. The molecule has 1 N–H and O–H groups in total. The molecule has 1 aromatic heterocycles. The van der Waals surface area contributed by atoms with Crippen molar-refractivity contribution in [2.45, 2.75) is 13.0 Å². The van der Waals surface area contributed by atoms with E-state index in [2.05, 4.69) is 20.7 Å². The van der Waals surface area contributed by atoms with Crippen molar-refractivity contribution in [3.05, 3.63) is 47.5 Å². The molecule has 1 unspecified atom stereocenters. The number of nitrogens with one attached hydrogen (secondary N) is 1. The van der Waals surface area contributed by atoms with Crippen molar-refractivity contribution >= 4 is 23.2 Å². The van der Waals surface area contributed by atoms with Gasteiger partial charge in [0, 0.05) is 22.3 Å². The highest BCUT2D eigenvalue weighted by molar-refractivity contribution is 6.30. The van der Waals surface area contributed by atoms with Crippen molar-refractivity contribution in [2.24, 2.45) is 0 Å².